The van der Waals surface area contributed by atoms with Gasteiger partial charge in [-0.3, -0.25) is 9.69 Å². The van der Waals surface area contributed by atoms with Crippen molar-refractivity contribution in [3.63, 3.8) is 0 Å². The van der Waals surface area contributed by atoms with Crippen molar-refractivity contribution in [1.82, 2.24) is 4.98 Å². The van der Waals surface area contributed by atoms with Crippen molar-refractivity contribution in [3.8, 4) is 17.2 Å². The molecule has 0 radical (unpaired) electrons. The normalized spacial score (nSPS) is 11.1. The van der Waals surface area contributed by atoms with Crippen LogP contribution >= 0.6 is 11.3 Å². The second-order valence-corrected chi connectivity index (χ2v) is 9.10. The molecule has 29 heavy (non-hydrogen) atoms. The van der Waals surface area contributed by atoms with E-state index >= 15 is 0 Å². The van der Waals surface area contributed by atoms with E-state index < -0.39 is 10.0 Å². The highest BCUT2D eigenvalue weighted by atomic mass is 32.2. The summed E-state index contributed by atoms with van der Waals surface area (Å²) in [6.07, 6.45) is 3.54. The summed E-state index contributed by atoms with van der Waals surface area (Å²) < 4.78 is 23.1. The van der Waals surface area contributed by atoms with E-state index in [9.17, 15) is 13.2 Å². The minimum Gasteiger partial charge on any atom is -0.291 e. The van der Waals surface area contributed by atoms with Gasteiger partial charge in [0, 0.05) is 12.6 Å². The molecule has 3 rings (SSSR count). The fourth-order valence-electron chi connectivity index (χ4n) is 2.69. The highest BCUT2D eigenvalue weighted by molar-refractivity contribution is 7.91. The van der Waals surface area contributed by atoms with Crippen LogP contribution in [0.3, 0.4) is 0 Å². The number of rotatable bonds is 5. The Balaban J connectivity index is 1.75. The van der Waals surface area contributed by atoms with Gasteiger partial charge in [0.25, 0.3) is 0 Å². The van der Waals surface area contributed by atoms with E-state index in [0.29, 0.717) is 5.56 Å². The van der Waals surface area contributed by atoms with Crippen LogP contribution in [0.25, 0.3) is 11.1 Å². The molecular weight excluding hydrogens is 410 g/mol. The summed E-state index contributed by atoms with van der Waals surface area (Å²) in [4.78, 5) is 21.0. The van der Waals surface area contributed by atoms with Gasteiger partial charge >= 0.3 is 0 Å². The molecule has 0 spiro atoms. The number of aromatic amines is 1. The zero-order valence-corrected chi connectivity index (χ0v) is 17.3. The number of benzene rings is 1. The largest absolute Gasteiger partial charge is 0.291 e. The fraction of sp³-hybridized carbons (Fsp3) is 0.158. The van der Waals surface area contributed by atoms with Gasteiger partial charge in [-0.15, -0.1) is 0 Å². The molecule has 1 aromatic carbocycles. The maximum Gasteiger partial charge on any atom is 0.249 e. The SMILES string of the molecule is Cc1nc(N(C)C(=O)Cc2ccc(-c3c[nH+]cc(C#N)c3)cc2)sc1S(N)(=O)=O. The van der Waals surface area contributed by atoms with Gasteiger partial charge in [-0.2, -0.15) is 5.26 Å². The van der Waals surface area contributed by atoms with E-state index in [0.717, 1.165) is 28.0 Å². The Morgan fingerprint density at radius 1 is 1.28 bits per heavy atom. The van der Waals surface area contributed by atoms with Crippen molar-refractivity contribution >= 4 is 32.4 Å². The van der Waals surface area contributed by atoms with Crippen LogP contribution in [-0.2, 0) is 21.2 Å². The predicted octanol–water partition coefficient (Wildman–Crippen LogP) is 1.66. The van der Waals surface area contributed by atoms with Crippen LogP contribution in [0.15, 0.2) is 46.9 Å². The number of likely N-dealkylation sites (N-methyl/N-ethyl adjacent to an activating group) is 1. The van der Waals surface area contributed by atoms with Crippen molar-refractivity contribution in [3.05, 3.63) is 59.5 Å². The molecule has 0 aliphatic rings. The maximum absolute atomic E-state index is 12.6. The van der Waals surface area contributed by atoms with Gasteiger partial charge < -0.3 is 0 Å². The Kier molecular flexibility index (Phi) is 5.74. The summed E-state index contributed by atoms with van der Waals surface area (Å²) in [5.74, 6) is -0.229. The van der Waals surface area contributed by atoms with Gasteiger partial charge in [0.2, 0.25) is 15.9 Å². The highest BCUT2D eigenvalue weighted by Gasteiger charge is 2.22. The van der Waals surface area contributed by atoms with Crippen molar-refractivity contribution < 1.29 is 18.2 Å². The van der Waals surface area contributed by atoms with Crippen LogP contribution in [-0.4, -0.2) is 26.4 Å². The molecule has 2 aromatic heterocycles. The van der Waals surface area contributed by atoms with Crippen LogP contribution in [0.4, 0.5) is 5.13 Å². The molecule has 3 aromatic rings. The zero-order chi connectivity index (χ0) is 21.2. The number of primary sulfonamides is 1. The number of aromatic nitrogens is 2. The highest BCUT2D eigenvalue weighted by Crippen LogP contribution is 2.28. The molecule has 2 heterocycles. The van der Waals surface area contributed by atoms with Gasteiger partial charge in [-0.1, -0.05) is 35.6 Å². The quantitative estimate of drug-likeness (QED) is 0.660. The second kappa shape index (κ2) is 8.08. The van der Waals surface area contributed by atoms with E-state index in [1.807, 2.05) is 24.3 Å². The molecule has 0 aliphatic heterocycles. The monoisotopic (exact) mass is 428 g/mol. The molecule has 3 N–H and O–H groups in total. The number of H-pyrrole nitrogens is 1. The molecule has 10 heteroatoms. The number of amides is 1. The average molecular weight is 429 g/mol. The van der Waals surface area contributed by atoms with Gasteiger partial charge in [0.05, 0.1) is 12.1 Å². The molecule has 0 unspecified atom stereocenters. The van der Waals surface area contributed by atoms with E-state index in [1.54, 1.807) is 25.5 Å². The number of nitrogens with zero attached hydrogens (tertiary/aromatic N) is 3. The molecule has 0 aliphatic carbocycles. The lowest BCUT2D eigenvalue weighted by molar-refractivity contribution is -0.377. The molecular formula is C19H18N5O3S2+. The molecule has 0 atom stereocenters. The van der Waals surface area contributed by atoms with Crippen LogP contribution in [0.5, 0.6) is 0 Å². The molecule has 8 nitrogen and oxygen atoms in total. The molecule has 0 saturated heterocycles. The minimum absolute atomic E-state index is 0.0482. The summed E-state index contributed by atoms with van der Waals surface area (Å²) in [6, 6.07) is 11.3. The summed E-state index contributed by atoms with van der Waals surface area (Å²) in [7, 11) is -2.32. The first-order valence-electron chi connectivity index (χ1n) is 8.46. The second-order valence-electron chi connectivity index (χ2n) is 6.36. The van der Waals surface area contributed by atoms with Gasteiger partial charge in [-0.25, -0.2) is 23.5 Å². The number of nitriles is 1. The maximum atomic E-state index is 12.6. The molecule has 148 valence electrons. The van der Waals surface area contributed by atoms with E-state index in [4.69, 9.17) is 10.4 Å². The number of carbonyl (C=O) groups is 1. The number of aryl methyl sites for hydroxylation is 1. The first-order valence-corrected chi connectivity index (χ1v) is 10.8. The lowest BCUT2D eigenvalue weighted by atomic mass is 10.0. The Labute approximate surface area is 172 Å². The van der Waals surface area contributed by atoms with Crippen molar-refractivity contribution in [1.29, 1.82) is 5.26 Å². The average Bonchev–Trinajstić information content (AvgIpc) is 3.10. The number of nitrogens with one attached hydrogen (secondary N) is 1. The van der Waals surface area contributed by atoms with Crippen LogP contribution in [0.1, 0.15) is 16.8 Å². The number of pyridine rings is 1. The summed E-state index contributed by atoms with van der Waals surface area (Å²) in [6.45, 7) is 1.54. The fourth-order valence-corrected chi connectivity index (χ4v) is 4.62. The number of hydrogen-bond acceptors (Lipinski definition) is 6. The summed E-state index contributed by atoms with van der Waals surface area (Å²) >= 11 is 0.868. The Morgan fingerprint density at radius 3 is 2.55 bits per heavy atom. The zero-order valence-electron chi connectivity index (χ0n) is 15.7. The lowest BCUT2D eigenvalue weighted by Gasteiger charge is -2.13. The third-order valence-electron chi connectivity index (χ3n) is 4.22. The van der Waals surface area contributed by atoms with E-state index in [1.165, 1.54) is 11.8 Å². The number of hydrogen-bond donors (Lipinski definition) is 1. The smallest absolute Gasteiger partial charge is 0.249 e. The molecule has 1 amide bonds. The van der Waals surface area contributed by atoms with Gasteiger partial charge in [0.15, 0.2) is 21.7 Å². The van der Waals surface area contributed by atoms with Crippen LogP contribution < -0.4 is 15.0 Å². The third kappa shape index (κ3) is 4.65. The Morgan fingerprint density at radius 2 is 1.97 bits per heavy atom. The number of carbonyl (C=O) groups excluding carboxylic acids is 1. The summed E-state index contributed by atoms with van der Waals surface area (Å²) in [5, 5.41) is 14.4. The summed E-state index contributed by atoms with van der Waals surface area (Å²) in [5.41, 5.74) is 3.38. The van der Waals surface area contributed by atoms with E-state index in [-0.39, 0.29) is 27.4 Å². The Hall–Kier alpha value is -3.13. The van der Waals surface area contributed by atoms with Gasteiger partial charge in [0.1, 0.15) is 11.6 Å². The van der Waals surface area contributed by atoms with Crippen LogP contribution in [0, 0.1) is 18.3 Å². The van der Waals surface area contributed by atoms with E-state index in [2.05, 4.69) is 16.0 Å². The number of thiazole rings is 1. The molecule has 0 bridgehead atoms. The Bertz CT molecular complexity index is 1210. The minimum atomic E-state index is -3.87. The van der Waals surface area contributed by atoms with Crippen molar-refractivity contribution in [2.75, 3.05) is 11.9 Å². The first kappa shape index (κ1) is 20.6. The lowest BCUT2D eigenvalue weighted by Crippen LogP contribution is -2.27. The van der Waals surface area contributed by atoms with Crippen LogP contribution in [0.2, 0.25) is 0 Å². The number of anilines is 1. The predicted molar refractivity (Wildman–Crippen MR) is 108 cm³/mol. The number of nitrogens with two attached hydrogens (primary N) is 1. The van der Waals surface area contributed by atoms with Crippen molar-refractivity contribution in [2.45, 2.75) is 17.6 Å². The van der Waals surface area contributed by atoms with Gasteiger partial charge in [-0.05, 0) is 24.1 Å². The standard InChI is InChI=1S/C19H17N5O3S2/c1-12-18(29(21,26)27)28-19(23-12)24(2)17(25)8-13-3-5-15(6-4-13)16-7-14(9-20)10-22-11-16/h3-7,10-11H,8H2,1-2H3,(H2,21,26,27)/p+1. The number of sulfonamides is 1. The first-order chi connectivity index (χ1) is 13.7. The third-order valence-corrected chi connectivity index (χ3v) is 7.01. The molecule has 0 saturated carbocycles. The molecule has 0 fully saturated rings. The van der Waals surface area contributed by atoms with Crippen molar-refractivity contribution in [2.24, 2.45) is 5.14 Å². The topological polar surface area (TPSA) is 131 Å².